The van der Waals surface area contributed by atoms with Gasteiger partial charge in [0.15, 0.2) is 0 Å². The molecule has 1 atom stereocenters. The number of morpholine rings is 1. The number of ether oxygens (including phenoxy) is 1. The molecule has 1 aromatic heterocycles. The molecule has 0 radical (unpaired) electrons. The zero-order valence-corrected chi connectivity index (χ0v) is 12.3. The maximum Gasteiger partial charge on any atom is 0.149 e. The van der Waals surface area contributed by atoms with Crippen LogP contribution in [-0.4, -0.2) is 36.3 Å². The highest BCUT2D eigenvalue weighted by Gasteiger charge is 2.21. The Hall–Kier alpha value is -0.620. The normalized spacial score (nSPS) is 22.0. The van der Waals surface area contributed by atoms with Crippen molar-refractivity contribution in [3.63, 3.8) is 0 Å². The van der Waals surface area contributed by atoms with Crippen LogP contribution in [0.4, 0.5) is 5.82 Å². The first-order valence-electron chi connectivity index (χ1n) is 6.30. The monoisotopic (exact) mass is 306 g/mol. The van der Waals surface area contributed by atoms with E-state index in [1.54, 1.807) is 0 Å². The smallest absolute Gasteiger partial charge is 0.149 e. The highest BCUT2D eigenvalue weighted by atomic mass is 35.5. The molecule has 2 aliphatic rings. The van der Waals surface area contributed by atoms with Crippen molar-refractivity contribution >= 4 is 30.6 Å². The van der Waals surface area contributed by atoms with E-state index in [-0.39, 0.29) is 30.9 Å². The minimum absolute atomic E-state index is 0. The van der Waals surface area contributed by atoms with E-state index in [9.17, 15) is 0 Å². The van der Waals surface area contributed by atoms with Gasteiger partial charge in [0, 0.05) is 19.3 Å². The molecule has 0 aromatic carbocycles. The summed E-state index contributed by atoms with van der Waals surface area (Å²) in [6, 6.07) is 2.06. The quantitative estimate of drug-likeness (QED) is 0.888. The fraction of sp³-hybridized carbons (Fsp3) is 0.667. The molecule has 1 saturated carbocycles. The first-order valence-corrected chi connectivity index (χ1v) is 6.30. The Kier molecular flexibility index (Phi) is 6.79. The number of rotatable bonds is 4. The van der Waals surface area contributed by atoms with Crippen molar-refractivity contribution < 1.29 is 4.74 Å². The van der Waals surface area contributed by atoms with Crippen molar-refractivity contribution in [2.45, 2.75) is 18.9 Å². The predicted molar refractivity (Wildman–Crippen MR) is 79.3 cm³/mol. The second-order valence-corrected chi connectivity index (χ2v) is 4.71. The summed E-state index contributed by atoms with van der Waals surface area (Å²) >= 11 is 0. The van der Waals surface area contributed by atoms with Gasteiger partial charge in [0.05, 0.1) is 19.3 Å². The highest BCUT2D eigenvalue weighted by Crippen LogP contribution is 2.28. The van der Waals surface area contributed by atoms with Crippen LogP contribution < -0.4 is 10.6 Å². The fourth-order valence-corrected chi connectivity index (χ4v) is 1.94. The average molecular weight is 307 g/mol. The molecule has 108 valence electrons. The van der Waals surface area contributed by atoms with Gasteiger partial charge in [-0.15, -0.1) is 24.8 Å². The minimum Gasteiger partial charge on any atom is -0.378 e. The van der Waals surface area contributed by atoms with E-state index in [0.717, 1.165) is 37.3 Å². The maximum absolute atomic E-state index is 5.42. The van der Waals surface area contributed by atoms with E-state index in [0.29, 0.717) is 6.61 Å². The molecule has 1 saturated heterocycles. The summed E-state index contributed by atoms with van der Waals surface area (Å²) in [5.41, 5.74) is 0. The van der Waals surface area contributed by atoms with Crippen LogP contribution in [-0.2, 0) is 4.74 Å². The Labute approximate surface area is 125 Å². The Bertz CT molecular complexity index is 384. The molecule has 0 amide bonds. The van der Waals surface area contributed by atoms with Crippen molar-refractivity contribution in [1.29, 1.82) is 0 Å². The van der Waals surface area contributed by atoms with Crippen LogP contribution in [0.3, 0.4) is 0 Å². The zero-order valence-electron chi connectivity index (χ0n) is 10.7. The lowest BCUT2D eigenvalue weighted by molar-refractivity contribution is 0.0742. The summed E-state index contributed by atoms with van der Waals surface area (Å²) in [4.78, 5) is 8.84. The fourth-order valence-electron chi connectivity index (χ4n) is 1.94. The summed E-state index contributed by atoms with van der Waals surface area (Å²) in [7, 11) is 0. The summed E-state index contributed by atoms with van der Waals surface area (Å²) in [5, 5.41) is 6.73. The molecule has 0 bridgehead atoms. The van der Waals surface area contributed by atoms with Crippen LogP contribution in [0.2, 0.25) is 0 Å². The third-order valence-electron chi connectivity index (χ3n) is 3.18. The number of hydrogen-bond donors (Lipinski definition) is 2. The Morgan fingerprint density at radius 1 is 1.37 bits per heavy atom. The summed E-state index contributed by atoms with van der Waals surface area (Å²) in [5.74, 6) is 2.60. The van der Waals surface area contributed by atoms with Gasteiger partial charge in [-0.2, -0.15) is 0 Å². The minimum atomic E-state index is 0. The van der Waals surface area contributed by atoms with Crippen molar-refractivity contribution in [3.05, 3.63) is 18.1 Å². The van der Waals surface area contributed by atoms with Crippen LogP contribution in [0.5, 0.6) is 0 Å². The second kappa shape index (κ2) is 7.85. The van der Waals surface area contributed by atoms with Gasteiger partial charge in [-0.1, -0.05) is 0 Å². The molecule has 1 aliphatic heterocycles. The second-order valence-electron chi connectivity index (χ2n) is 4.71. The standard InChI is InChI=1S/C12H18N4O.2ClH/c1-2-9(1)7-15-11-3-4-14-12(16-11)10-8-17-6-5-13-10;;/h3-4,9-10,13H,1-2,5-8H2,(H,14,15,16);2*1H. The van der Waals surface area contributed by atoms with Gasteiger partial charge in [0.1, 0.15) is 11.6 Å². The largest absolute Gasteiger partial charge is 0.378 e. The topological polar surface area (TPSA) is 59.1 Å². The van der Waals surface area contributed by atoms with Gasteiger partial charge in [0.2, 0.25) is 0 Å². The molecular formula is C12H20Cl2N4O. The summed E-state index contributed by atoms with van der Waals surface area (Å²) in [6.07, 6.45) is 4.51. The lowest BCUT2D eigenvalue weighted by Gasteiger charge is -2.22. The van der Waals surface area contributed by atoms with E-state index in [1.807, 2.05) is 12.3 Å². The average Bonchev–Trinajstić information content (AvgIpc) is 3.22. The van der Waals surface area contributed by atoms with Crippen LogP contribution in [0.25, 0.3) is 0 Å². The lowest BCUT2D eigenvalue weighted by Crippen LogP contribution is -2.35. The van der Waals surface area contributed by atoms with Crippen LogP contribution in [0.15, 0.2) is 12.3 Å². The zero-order chi connectivity index (χ0) is 11.5. The molecule has 5 nitrogen and oxygen atoms in total. The van der Waals surface area contributed by atoms with Gasteiger partial charge in [-0.25, -0.2) is 9.97 Å². The SMILES string of the molecule is Cl.Cl.c1cc(NCC2CC2)nc(C2COCCN2)n1. The van der Waals surface area contributed by atoms with Gasteiger partial charge in [0.25, 0.3) is 0 Å². The third kappa shape index (κ3) is 4.76. The van der Waals surface area contributed by atoms with E-state index in [1.165, 1.54) is 12.8 Å². The number of nitrogens with one attached hydrogen (secondary N) is 2. The molecule has 2 fully saturated rings. The molecule has 19 heavy (non-hydrogen) atoms. The van der Waals surface area contributed by atoms with Crippen molar-refractivity contribution in [3.8, 4) is 0 Å². The Balaban J connectivity index is 0.000000902. The van der Waals surface area contributed by atoms with Crippen LogP contribution >= 0.6 is 24.8 Å². The van der Waals surface area contributed by atoms with Crippen LogP contribution in [0, 0.1) is 5.92 Å². The van der Waals surface area contributed by atoms with Gasteiger partial charge in [-0.3, -0.25) is 0 Å². The maximum atomic E-state index is 5.42. The number of halogens is 2. The van der Waals surface area contributed by atoms with Crippen molar-refractivity contribution in [2.75, 3.05) is 31.6 Å². The first-order chi connectivity index (χ1) is 8.42. The number of aromatic nitrogens is 2. The molecule has 1 aromatic rings. The van der Waals surface area contributed by atoms with Crippen molar-refractivity contribution in [1.82, 2.24) is 15.3 Å². The third-order valence-corrected chi connectivity index (χ3v) is 3.18. The van der Waals surface area contributed by atoms with E-state index >= 15 is 0 Å². The molecule has 3 rings (SSSR count). The molecule has 1 unspecified atom stereocenters. The highest BCUT2D eigenvalue weighted by molar-refractivity contribution is 5.85. The molecule has 2 heterocycles. The van der Waals surface area contributed by atoms with Gasteiger partial charge in [-0.05, 0) is 24.8 Å². The molecule has 7 heteroatoms. The molecule has 1 aliphatic carbocycles. The summed E-state index contributed by atoms with van der Waals surface area (Å²) in [6.45, 7) is 3.33. The lowest BCUT2D eigenvalue weighted by atomic mass is 10.2. The van der Waals surface area contributed by atoms with Gasteiger partial charge < -0.3 is 15.4 Å². The van der Waals surface area contributed by atoms with E-state index in [4.69, 9.17) is 4.74 Å². The number of nitrogens with zero attached hydrogens (tertiary/aromatic N) is 2. The van der Waals surface area contributed by atoms with E-state index < -0.39 is 0 Å². The number of hydrogen-bond acceptors (Lipinski definition) is 5. The van der Waals surface area contributed by atoms with Gasteiger partial charge >= 0.3 is 0 Å². The molecular weight excluding hydrogens is 287 g/mol. The Morgan fingerprint density at radius 3 is 2.89 bits per heavy atom. The molecule has 0 spiro atoms. The predicted octanol–water partition coefficient (Wildman–Crippen LogP) is 1.80. The first kappa shape index (κ1) is 16.4. The number of anilines is 1. The molecule has 2 N–H and O–H groups in total. The Morgan fingerprint density at radius 2 is 2.21 bits per heavy atom. The van der Waals surface area contributed by atoms with Crippen molar-refractivity contribution in [2.24, 2.45) is 5.92 Å². The van der Waals surface area contributed by atoms with Crippen LogP contribution in [0.1, 0.15) is 24.7 Å². The van der Waals surface area contributed by atoms with E-state index in [2.05, 4.69) is 20.6 Å². The summed E-state index contributed by atoms with van der Waals surface area (Å²) < 4.78 is 5.42.